The Hall–Kier alpha value is -1.35. The van der Waals surface area contributed by atoms with Crippen LogP contribution in [0, 0.1) is 6.92 Å². The summed E-state index contributed by atoms with van der Waals surface area (Å²) in [5.74, 6) is 0. The largest absolute Gasteiger partial charge is 0.372 e. The van der Waals surface area contributed by atoms with Crippen LogP contribution in [0.2, 0.25) is 5.02 Å². The van der Waals surface area contributed by atoms with Gasteiger partial charge in [-0.25, -0.2) is 0 Å². The van der Waals surface area contributed by atoms with E-state index in [-0.39, 0.29) is 12.1 Å². The highest BCUT2D eigenvalue weighted by Crippen LogP contribution is 2.31. The smallest absolute Gasteiger partial charge is 0.102 e. The van der Waals surface area contributed by atoms with Crippen LogP contribution in [0.3, 0.4) is 0 Å². The highest BCUT2D eigenvalue weighted by molar-refractivity contribution is 6.31. The SMILES string of the molecule is CCOC(c1ccccc1)C(N)c1ccc(C)c(Cl)c1. The fourth-order valence-corrected chi connectivity index (χ4v) is 2.41. The van der Waals surface area contributed by atoms with Crippen molar-refractivity contribution in [2.75, 3.05) is 6.61 Å². The van der Waals surface area contributed by atoms with Crippen molar-refractivity contribution in [2.24, 2.45) is 5.73 Å². The predicted molar refractivity (Wildman–Crippen MR) is 83.9 cm³/mol. The number of hydrogen-bond donors (Lipinski definition) is 1. The van der Waals surface area contributed by atoms with Crippen molar-refractivity contribution in [2.45, 2.75) is 26.0 Å². The molecule has 0 saturated heterocycles. The number of rotatable bonds is 5. The molecule has 0 spiro atoms. The van der Waals surface area contributed by atoms with E-state index in [9.17, 15) is 0 Å². The molecule has 0 radical (unpaired) electrons. The van der Waals surface area contributed by atoms with Gasteiger partial charge in [0.05, 0.1) is 6.04 Å². The van der Waals surface area contributed by atoms with E-state index in [1.54, 1.807) is 0 Å². The normalized spacial score (nSPS) is 14.0. The Balaban J connectivity index is 2.31. The van der Waals surface area contributed by atoms with Gasteiger partial charge in [0.1, 0.15) is 6.10 Å². The van der Waals surface area contributed by atoms with E-state index in [1.807, 2.05) is 62.4 Å². The Bertz CT molecular complexity index is 556. The summed E-state index contributed by atoms with van der Waals surface area (Å²) in [4.78, 5) is 0. The predicted octanol–water partition coefficient (Wildman–Crippen LogP) is 4.43. The number of hydrogen-bond acceptors (Lipinski definition) is 2. The molecule has 0 bridgehead atoms. The average molecular weight is 290 g/mol. The van der Waals surface area contributed by atoms with E-state index in [0.717, 1.165) is 21.7 Å². The van der Waals surface area contributed by atoms with E-state index in [0.29, 0.717) is 6.61 Å². The third kappa shape index (κ3) is 3.40. The highest BCUT2D eigenvalue weighted by atomic mass is 35.5. The summed E-state index contributed by atoms with van der Waals surface area (Å²) in [5, 5.41) is 0.737. The lowest BCUT2D eigenvalue weighted by Crippen LogP contribution is -2.22. The third-order valence-electron chi connectivity index (χ3n) is 3.38. The molecule has 0 amide bonds. The van der Waals surface area contributed by atoms with Crippen LogP contribution < -0.4 is 5.73 Å². The lowest BCUT2D eigenvalue weighted by atomic mass is 9.96. The van der Waals surface area contributed by atoms with Crippen molar-refractivity contribution in [1.82, 2.24) is 0 Å². The summed E-state index contributed by atoms with van der Waals surface area (Å²) in [5.41, 5.74) is 9.51. The van der Waals surface area contributed by atoms with Crippen LogP contribution in [0.25, 0.3) is 0 Å². The Morgan fingerprint density at radius 1 is 1.10 bits per heavy atom. The Morgan fingerprint density at radius 2 is 1.80 bits per heavy atom. The number of nitrogens with two attached hydrogens (primary N) is 1. The van der Waals surface area contributed by atoms with Crippen LogP contribution >= 0.6 is 11.6 Å². The molecule has 106 valence electrons. The fourth-order valence-electron chi connectivity index (χ4n) is 2.22. The maximum absolute atomic E-state index is 6.39. The lowest BCUT2D eigenvalue weighted by Gasteiger charge is -2.25. The monoisotopic (exact) mass is 289 g/mol. The van der Waals surface area contributed by atoms with Crippen molar-refractivity contribution in [3.63, 3.8) is 0 Å². The van der Waals surface area contributed by atoms with Gasteiger partial charge >= 0.3 is 0 Å². The van der Waals surface area contributed by atoms with Crippen LogP contribution in [-0.2, 0) is 4.74 Å². The van der Waals surface area contributed by atoms with Gasteiger partial charge in [-0.1, -0.05) is 54.1 Å². The van der Waals surface area contributed by atoms with Crippen LogP contribution in [-0.4, -0.2) is 6.61 Å². The minimum atomic E-state index is -0.240. The Kier molecular flexibility index (Phi) is 5.18. The van der Waals surface area contributed by atoms with Crippen molar-refractivity contribution >= 4 is 11.6 Å². The molecule has 2 atom stereocenters. The zero-order chi connectivity index (χ0) is 14.5. The van der Waals surface area contributed by atoms with Gasteiger partial charge in [0.15, 0.2) is 0 Å². The van der Waals surface area contributed by atoms with E-state index < -0.39 is 0 Å². The molecule has 0 aliphatic carbocycles. The summed E-state index contributed by atoms with van der Waals surface area (Å²) in [7, 11) is 0. The minimum Gasteiger partial charge on any atom is -0.372 e. The molecular weight excluding hydrogens is 270 g/mol. The van der Waals surface area contributed by atoms with Gasteiger partial charge in [0.25, 0.3) is 0 Å². The van der Waals surface area contributed by atoms with Crippen molar-refractivity contribution in [3.8, 4) is 0 Å². The van der Waals surface area contributed by atoms with Crippen LogP contribution in [0.15, 0.2) is 48.5 Å². The summed E-state index contributed by atoms with van der Waals surface area (Å²) < 4.78 is 5.85. The summed E-state index contributed by atoms with van der Waals surface area (Å²) >= 11 is 6.19. The molecule has 0 saturated carbocycles. The molecule has 0 aromatic heterocycles. The van der Waals surface area contributed by atoms with Gasteiger partial charge in [0.2, 0.25) is 0 Å². The molecule has 2 unspecified atom stereocenters. The van der Waals surface area contributed by atoms with Crippen LogP contribution in [0.4, 0.5) is 0 Å². The van der Waals surface area contributed by atoms with E-state index >= 15 is 0 Å². The second kappa shape index (κ2) is 6.89. The zero-order valence-electron chi connectivity index (χ0n) is 11.8. The van der Waals surface area contributed by atoms with E-state index in [4.69, 9.17) is 22.1 Å². The highest BCUT2D eigenvalue weighted by Gasteiger charge is 2.22. The molecular formula is C17H20ClNO. The zero-order valence-corrected chi connectivity index (χ0v) is 12.6. The summed E-state index contributed by atoms with van der Waals surface area (Å²) in [6.07, 6.45) is -0.167. The first kappa shape index (κ1) is 15.0. The van der Waals surface area contributed by atoms with E-state index in [1.165, 1.54) is 0 Å². The van der Waals surface area contributed by atoms with Gasteiger partial charge in [-0.2, -0.15) is 0 Å². The molecule has 2 aromatic rings. The molecule has 2 N–H and O–H groups in total. The van der Waals surface area contributed by atoms with Crippen molar-refractivity contribution in [1.29, 1.82) is 0 Å². The molecule has 2 nitrogen and oxygen atoms in total. The molecule has 3 heteroatoms. The quantitative estimate of drug-likeness (QED) is 0.884. The van der Waals surface area contributed by atoms with Gasteiger partial charge in [-0.15, -0.1) is 0 Å². The topological polar surface area (TPSA) is 35.2 Å². The molecule has 2 rings (SSSR count). The third-order valence-corrected chi connectivity index (χ3v) is 3.79. The van der Waals surface area contributed by atoms with Gasteiger partial charge in [-0.05, 0) is 36.6 Å². The Morgan fingerprint density at radius 3 is 2.40 bits per heavy atom. The molecule has 0 aliphatic heterocycles. The number of benzene rings is 2. The van der Waals surface area contributed by atoms with Crippen molar-refractivity contribution in [3.05, 3.63) is 70.2 Å². The fraction of sp³-hybridized carbons (Fsp3) is 0.294. The first-order valence-electron chi connectivity index (χ1n) is 6.81. The molecule has 2 aromatic carbocycles. The summed E-state index contributed by atoms with van der Waals surface area (Å²) in [6.45, 7) is 4.58. The number of ether oxygens (including phenoxy) is 1. The first-order valence-corrected chi connectivity index (χ1v) is 7.19. The first-order chi connectivity index (χ1) is 9.63. The van der Waals surface area contributed by atoms with Gasteiger partial charge in [-0.3, -0.25) is 0 Å². The number of halogens is 1. The minimum absolute atomic E-state index is 0.167. The average Bonchev–Trinajstić information content (AvgIpc) is 2.48. The van der Waals surface area contributed by atoms with Crippen LogP contribution in [0.1, 0.15) is 35.8 Å². The second-order valence-corrected chi connectivity index (χ2v) is 5.23. The van der Waals surface area contributed by atoms with Gasteiger partial charge in [0, 0.05) is 11.6 Å². The lowest BCUT2D eigenvalue weighted by molar-refractivity contribution is 0.0429. The van der Waals surface area contributed by atoms with Crippen molar-refractivity contribution < 1.29 is 4.74 Å². The standard InChI is InChI=1S/C17H20ClNO/c1-3-20-17(13-7-5-4-6-8-13)16(19)14-10-9-12(2)15(18)11-14/h4-11,16-17H,3,19H2,1-2H3. The maximum Gasteiger partial charge on any atom is 0.102 e. The van der Waals surface area contributed by atoms with Gasteiger partial charge < -0.3 is 10.5 Å². The maximum atomic E-state index is 6.39. The Labute approximate surface area is 125 Å². The van der Waals surface area contributed by atoms with Crippen LogP contribution in [0.5, 0.6) is 0 Å². The second-order valence-electron chi connectivity index (χ2n) is 4.82. The molecule has 0 fully saturated rings. The van der Waals surface area contributed by atoms with E-state index in [2.05, 4.69) is 0 Å². The molecule has 0 aliphatic rings. The summed E-state index contributed by atoms with van der Waals surface area (Å²) in [6, 6.07) is 15.7. The molecule has 20 heavy (non-hydrogen) atoms. The molecule has 0 heterocycles. The number of aryl methyl sites for hydroxylation is 1.